The summed E-state index contributed by atoms with van der Waals surface area (Å²) in [5.74, 6) is 0.825. The third-order valence-corrected chi connectivity index (χ3v) is 2.33. The van der Waals surface area contributed by atoms with Crippen molar-refractivity contribution >= 4 is 0 Å². The van der Waals surface area contributed by atoms with Crippen LogP contribution in [0.1, 0.15) is 39.5 Å². The van der Waals surface area contributed by atoms with Gasteiger partial charge >= 0.3 is 0 Å². The monoisotopic (exact) mass is 186 g/mol. The van der Waals surface area contributed by atoms with Crippen molar-refractivity contribution in [3.63, 3.8) is 0 Å². The van der Waals surface area contributed by atoms with E-state index in [9.17, 15) is 0 Å². The maximum Gasteiger partial charge on any atom is -0.00194 e. The Hall–Kier alpha value is -0.0800. The fourth-order valence-electron chi connectivity index (χ4n) is 1.29. The summed E-state index contributed by atoms with van der Waals surface area (Å²) in [6.45, 7) is 7.87. The Bertz CT molecular complexity index is 102. The second kappa shape index (κ2) is 8.52. The Labute approximate surface area is 83.5 Å². The molecule has 2 heteroatoms. The molecule has 0 aromatic carbocycles. The Morgan fingerprint density at radius 2 is 1.77 bits per heavy atom. The highest BCUT2D eigenvalue weighted by Crippen LogP contribution is 2.02. The first-order chi connectivity index (χ1) is 6.16. The fourth-order valence-corrected chi connectivity index (χ4v) is 1.29. The second-order valence-corrected chi connectivity index (χ2v) is 4.34. The number of hydrogen-bond donors (Lipinski definition) is 1. The van der Waals surface area contributed by atoms with Crippen LogP contribution in [0.15, 0.2) is 0 Å². The van der Waals surface area contributed by atoms with E-state index in [0.717, 1.165) is 12.5 Å². The first-order valence-corrected chi connectivity index (χ1v) is 5.55. The molecule has 0 aliphatic rings. The van der Waals surface area contributed by atoms with Gasteiger partial charge in [-0.2, -0.15) is 0 Å². The molecular formula is C11H26N2. The molecule has 0 rings (SSSR count). The number of hydrogen-bond acceptors (Lipinski definition) is 2. The van der Waals surface area contributed by atoms with Gasteiger partial charge in [-0.15, -0.1) is 0 Å². The van der Waals surface area contributed by atoms with E-state index in [2.05, 4.69) is 25.8 Å². The lowest BCUT2D eigenvalue weighted by Crippen LogP contribution is -2.22. The van der Waals surface area contributed by atoms with E-state index in [1.54, 1.807) is 0 Å². The molecule has 0 aromatic rings. The second-order valence-electron chi connectivity index (χ2n) is 4.34. The van der Waals surface area contributed by atoms with Gasteiger partial charge in [0.25, 0.3) is 0 Å². The molecule has 2 nitrogen and oxygen atoms in total. The molecule has 0 bridgehead atoms. The zero-order chi connectivity index (χ0) is 10.1. The molecule has 0 spiro atoms. The molecule has 0 saturated heterocycles. The van der Waals surface area contributed by atoms with E-state index >= 15 is 0 Å². The predicted molar refractivity (Wildman–Crippen MR) is 59.9 cm³/mol. The van der Waals surface area contributed by atoms with Crippen LogP contribution in [-0.4, -0.2) is 31.6 Å². The predicted octanol–water partition coefficient (Wildman–Crippen LogP) is 2.09. The molecule has 0 aliphatic heterocycles. The summed E-state index contributed by atoms with van der Waals surface area (Å²) >= 11 is 0. The van der Waals surface area contributed by atoms with Crippen LogP contribution >= 0.6 is 0 Å². The SMILES string of the molecule is CC(C)CCN(C)CCCCCN. The number of unbranched alkanes of at least 4 members (excludes halogenated alkanes) is 2. The van der Waals surface area contributed by atoms with Gasteiger partial charge < -0.3 is 10.6 Å². The first kappa shape index (κ1) is 12.9. The fraction of sp³-hybridized carbons (Fsp3) is 1.00. The van der Waals surface area contributed by atoms with Crippen molar-refractivity contribution in [2.24, 2.45) is 11.7 Å². The average molecular weight is 186 g/mol. The highest BCUT2D eigenvalue weighted by Gasteiger charge is 1.99. The van der Waals surface area contributed by atoms with Crippen LogP contribution < -0.4 is 5.73 Å². The molecule has 0 atom stereocenters. The Kier molecular flexibility index (Phi) is 8.46. The van der Waals surface area contributed by atoms with Gasteiger partial charge in [0.2, 0.25) is 0 Å². The minimum absolute atomic E-state index is 0.825. The summed E-state index contributed by atoms with van der Waals surface area (Å²) in [6.07, 6.45) is 5.07. The first-order valence-electron chi connectivity index (χ1n) is 5.55. The van der Waals surface area contributed by atoms with Gasteiger partial charge in [-0.1, -0.05) is 20.3 Å². The van der Waals surface area contributed by atoms with Gasteiger partial charge in [-0.05, 0) is 51.9 Å². The van der Waals surface area contributed by atoms with Crippen molar-refractivity contribution in [1.82, 2.24) is 4.90 Å². The van der Waals surface area contributed by atoms with Crippen LogP contribution in [0.5, 0.6) is 0 Å². The Morgan fingerprint density at radius 1 is 1.08 bits per heavy atom. The molecular weight excluding hydrogens is 160 g/mol. The summed E-state index contributed by atoms with van der Waals surface area (Å²) < 4.78 is 0. The molecule has 0 aliphatic carbocycles. The van der Waals surface area contributed by atoms with Crippen LogP contribution in [-0.2, 0) is 0 Å². The lowest BCUT2D eigenvalue weighted by Gasteiger charge is -2.17. The molecule has 0 unspecified atom stereocenters. The summed E-state index contributed by atoms with van der Waals surface area (Å²) in [5, 5.41) is 0. The zero-order valence-corrected chi connectivity index (χ0v) is 9.55. The van der Waals surface area contributed by atoms with Gasteiger partial charge in [-0.25, -0.2) is 0 Å². The van der Waals surface area contributed by atoms with Gasteiger partial charge in [0.1, 0.15) is 0 Å². The quantitative estimate of drug-likeness (QED) is 0.588. The molecule has 0 amide bonds. The van der Waals surface area contributed by atoms with Gasteiger partial charge in [0.05, 0.1) is 0 Å². The maximum absolute atomic E-state index is 5.43. The molecule has 80 valence electrons. The molecule has 0 heterocycles. The lowest BCUT2D eigenvalue weighted by atomic mass is 10.1. The lowest BCUT2D eigenvalue weighted by molar-refractivity contribution is 0.303. The third kappa shape index (κ3) is 9.84. The summed E-state index contributed by atoms with van der Waals surface area (Å²) in [4.78, 5) is 2.43. The molecule has 13 heavy (non-hydrogen) atoms. The van der Waals surface area contributed by atoms with Crippen LogP contribution in [0.2, 0.25) is 0 Å². The van der Waals surface area contributed by atoms with Crippen molar-refractivity contribution < 1.29 is 0 Å². The van der Waals surface area contributed by atoms with Gasteiger partial charge in [-0.3, -0.25) is 0 Å². The number of nitrogens with two attached hydrogens (primary N) is 1. The van der Waals surface area contributed by atoms with Crippen LogP contribution in [0, 0.1) is 5.92 Å². The van der Waals surface area contributed by atoms with Crippen molar-refractivity contribution in [2.45, 2.75) is 39.5 Å². The van der Waals surface area contributed by atoms with Crippen LogP contribution in [0.3, 0.4) is 0 Å². The summed E-state index contributed by atoms with van der Waals surface area (Å²) in [7, 11) is 2.21. The van der Waals surface area contributed by atoms with E-state index in [1.807, 2.05) is 0 Å². The molecule has 0 aromatic heterocycles. The van der Waals surface area contributed by atoms with Crippen LogP contribution in [0.25, 0.3) is 0 Å². The van der Waals surface area contributed by atoms with Crippen molar-refractivity contribution in [3.05, 3.63) is 0 Å². The summed E-state index contributed by atoms with van der Waals surface area (Å²) in [5.41, 5.74) is 5.43. The average Bonchev–Trinajstić information content (AvgIpc) is 2.09. The van der Waals surface area contributed by atoms with Crippen molar-refractivity contribution in [2.75, 3.05) is 26.7 Å². The van der Waals surface area contributed by atoms with E-state index in [4.69, 9.17) is 5.73 Å². The van der Waals surface area contributed by atoms with Crippen molar-refractivity contribution in [3.8, 4) is 0 Å². The van der Waals surface area contributed by atoms with Gasteiger partial charge in [0.15, 0.2) is 0 Å². The number of rotatable bonds is 8. The minimum Gasteiger partial charge on any atom is -0.330 e. The van der Waals surface area contributed by atoms with E-state index in [-0.39, 0.29) is 0 Å². The topological polar surface area (TPSA) is 29.3 Å². The third-order valence-electron chi connectivity index (χ3n) is 2.33. The van der Waals surface area contributed by atoms with E-state index < -0.39 is 0 Å². The van der Waals surface area contributed by atoms with Gasteiger partial charge in [0, 0.05) is 0 Å². The highest BCUT2D eigenvalue weighted by molar-refractivity contribution is 4.54. The Balaban J connectivity index is 3.15. The Morgan fingerprint density at radius 3 is 2.31 bits per heavy atom. The maximum atomic E-state index is 5.43. The highest BCUT2D eigenvalue weighted by atomic mass is 15.1. The number of nitrogens with zero attached hydrogens (tertiary/aromatic N) is 1. The largest absolute Gasteiger partial charge is 0.330 e. The minimum atomic E-state index is 0.825. The standard InChI is InChI=1S/C11H26N2/c1-11(2)7-10-13(3)9-6-4-5-8-12/h11H,4-10,12H2,1-3H3. The molecule has 2 N–H and O–H groups in total. The molecule has 0 saturated carbocycles. The van der Waals surface area contributed by atoms with Crippen LogP contribution in [0.4, 0.5) is 0 Å². The van der Waals surface area contributed by atoms with E-state index in [1.165, 1.54) is 38.8 Å². The van der Waals surface area contributed by atoms with E-state index in [0.29, 0.717) is 0 Å². The zero-order valence-electron chi connectivity index (χ0n) is 9.55. The van der Waals surface area contributed by atoms with Crippen molar-refractivity contribution in [1.29, 1.82) is 0 Å². The normalized spacial score (nSPS) is 11.5. The molecule has 0 fully saturated rings. The summed E-state index contributed by atoms with van der Waals surface area (Å²) in [6, 6.07) is 0. The molecule has 0 radical (unpaired) electrons. The smallest absolute Gasteiger partial charge is 0.00194 e.